The van der Waals surface area contributed by atoms with Crippen LogP contribution in [0.2, 0.25) is 0 Å². The smallest absolute Gasteiger partial charge is 0.267 e. The summed E-state index contributed by atoms with van der Waals surface area (Å²) in [6.07, 6.45) is 3.97. The third-order valence-electron chi connectivity index (χ3n) is 4.02. The molecule has 8 heteroatoms. The summed E-state index contributed by atoms with van der Waals surface area (Å²) in [7, 11) is 0. The lowest BCUT2D eigenvalue weighted by Crippen LogP contribution is -2.24. The van der Waals surface area contributed by atoms with Crippen LogP contribution in [0.25, 0.3) is 22.5 Å². The molecule has 1 aromatic carbocycles. The number of benzene rings is 1. The summed E-state index contributed by atoms with van der Waals surface area (Å²) < 4.78 is 1.47. The van der Waals surface area contributed by atoms with Gasteiger partial charge in [-0.3, -0.25) is 4.79 Å². The molecule has 0 aliphatic rings. The molecule has 3 aromatic rings. The van der Waals surface area contributed by atoms with Gasteiger partial charge in [-0.25, -0.2) is 14.6 Å². The predicted molar refractivity (Wildman–Crippen MR) is 113 cm³/mol. The quantitative estimate of drug-likeness (QED) is 0.513. The molecule has 27 heavy (non-hydrogen) atoms. The molecular weight excluding hydrogens is 378 g/mol. The van der Waals surface area contributed by atoms with Crippen LogP contribution in [0.4, 0.5) is 5.95 Å². The van der Waals surface area contributed by atoms with E-state index in [0.29, 0.717) is 11.4 Å². The molecule has 140 valence electrons. The Morgan fingerprint density at radius 2 is 1.70 bits per heavy atom. The van der Waals surface area contributed by atoms with Crippen molar-refractivity contribution in [3.8, 4) is 22.5 Å². The Morgan fingerprint density at radius 3 is 2.30 bits per heavy atom. The number of nitrogens with two attached hydrogens (primary N) is 1. The average molecular weight is 400 g/mol. The molecule has 2 aromatic heterocycles. The summed E-state index contributed by atoms with van der Waals surface area (Å²) in [4.78, 5) is 22.2. The van der Waals surface area contributed by atoms with E-state index in [1.165, 1.54) is 27.4 Å². The Morgan fingerprint density at radius 1 is 1.00 bits per heavy atom. The van der Waals surface area contributed by atoms with Gasteiger partial charge in [0.1, 0.15) is 5.03 Å². The minimum atomic E-state index is -0.137. The zero-order valence-electron chi connectivity index (χ0n) is 15.6. The Labute approximate surface area is 166 Å². The number of rotatable bonds is 5. The summed E-state index contributed by atoms with van der Waals surface area (Å²) in [5.41, 5.74) is 8.89. The van der Waals surface area contributed by atoms with Crippen LogP contribution in [0, 0.1) is 0 Å². The van der Waals surface area contributed by atoms with E-state index < -0.39 is 0 Å². The van der Waals surface area contributed by atoms with Crippen LogP contribution in [0.5, 0.6) is 0 Å². The first-order valence-corrected chi connectivity index (χ1v) is 10.9. The Bertz CT molecular complexity index is 1020. The van der Waals surface area contributed by atoms with E-state index in [-0.39, 0.29) is 17.5 Å². The van der Waals surface area contributed by atoms with Crippen LogP contribution in [-0.4, -0.2) is 32.3 Å². The van der Waals surface area contributed by atoms with Gasteiger partial charge in [0.15, 0.2) is 0 Å². The molecule has 0 amide bonds. The van der Waals surface area contributed by atoms with Crippen molar-refractivity contribution < 1.29 is 0 Å². The zero-order chi connectivity index (χ0) is 19.6. The molecule has 0 aliphatic carbocycles. The van der Waals surface area contributed by atoms with Crippen molar-refractivity contribution in [3.63, 3.8) is 0 Å². The fraction of sp³-hybridized carbons (Fsp3) is 0.263. The van der Waals surface area contributed by atoms with Gasteiger partial charge in [-0.1, -0.05) is 12.1 Å². The number of nitrogen functional groups attached to an aromatic ring is 1. The molecule has 2 heterocycles. The fourth-order valence-electron chi connectivity index (χ4n) is 2.72. The van der Waals surface area contributed by atoms with E-state index in [1.807, 2.05) is 50.6 Å². The van der Waals surface area contributed by atoms with Crippen LogP contribution >= 0.6 is 23.5 Å². The van der Waals surface area contributed by atoms with Crippen LogP contribution in [-0.2, 0) is 0 Å². The first-order valence-electron chi connectivity index (χ1n) is 8.40. The van der Waals surface area contributed by atoms with Crippen molar-refractivity contribution in [1.82, 2.24) is 19.7 Å². The van der Waals surface area contributed by atoms with Crippen molar-refractivity contribution in [2.24, 2.45) is 0 Å². The molecule has 3 rings (SSSR count). The van der Waals surface area contributed by atoms with Gasteiger partial charge in [0.05, 0.1) is 23.0 Å². The topological polar surface area (TPSA) is 86.7 Å². The minimum absolute atomic E-state index is 0.0470. The van der Waals surface area contributed by atoms with Crippen molar-refractivity contribution in [2.45, 2.75) is 29.8 Å². The SMILES string of the molecule is CSc1ccc(-c2nc(N)nc(SC)c2-c2ccc(=O)n(C(C)C)n2)cc1. The third kappa shape index (κ3) is 4.01. The average Bonchev–Trinajstić information content (AvgIpc) is 2.67. The van der Waals surface area contributed by atoms with Crippen LogP contribution in [0.3, 0.4) is 0 Å². The second-order valence-electron chi connectivity index (χ2n) is 6.14. The first-order chi connectivity index (χ1) is 12.9. The number of thioether (sulfide) groups is 2. The molecule has 0 saturated heterocycles. The third-order valence-corrected chi connectivity index (χ3v) is 5.45. The Hall–Kier alpha value is -2.32. The Kier molecular flexibility index (Phi) is 5.86. The number of nitrogens with zero attached hydrogens (tertiary/aromatic N) is 4. The summed E-state index contributed by atoms with van der Waals surface area (Å²) >= 11 is 3.16. The molecule has 0 unspecified atom stereocenters. The normalized spacial score (nSPS) is 11.1. The number of hydrogen-bond donors (Lipinski definition) is 1. The molecule has 2 N–H and O–H groups in total. The van der Waals surface area contributed by atoms with Gasteiger partial charge in [-0.2, -0.15) is 5.10 Å². The van der Waals surface area contributed by atoms with E-state index in [2.05, 4.69) is 15.1 Å². The number of hydrogen-bond acceptors (Lipinski definition) is 7. The van der Waals surface area contributed by atoms with Gasteiger partial charge in [-0.15, -0.1) is 23.5 Å². The lowest BCUT2D eigenvalue weighted by Gasteiger charge is -2.15. The minimum Gasteiger partial charge on any atom is -0.368 e. The number of anilines is 1. The predicted octanol–water partition coefficient (Wildman–Crippen LogP) is 3.97. The summed E-state index contributed by atoms with van der Waals surface area (Å²) in [5, 5.41) is 5.30. The second-order valence-corrected chi connectivity index (χ2v) is 7.81. The van der Waals surface area contributed by atoms with Gasteiger partial charge < -0.3 is 5.73 Å². The largest absolute Gasteiger partial charge is 0.368 e. The van der Waals surface area contributed by atoms with E-state index >= 15 is 0 Å². The summed E-state index contributed by atoms with van der Waals surface area (Å²) in [5.74, 6) is 0.212. The molecule has 0 atom stereocenters. The molecule has 0 aliphatic heterocycles. The summed E-state index contributed by atoms with van der Waals surface area (Å²) in [6, 6.07) is 11.3. The van der Waals surface area contributed by atoms with E-state index in [0.717, 1.165) is 16.2 Å². The Balaban J connectivity index is 2.28. The summed E-state index contributed by atoms with van der Waals surface area (Å²) in [6.45, 7) is 3.85. The maximum absolute atomic E-state index is 12.1. The van der Waals surface area contributed by atoms with Gasteiger partial charge in [-0.05, 0) is 44.6 Å². The standard InChI is InChI=1S/C19H21N5OS2/c1-11(2)24-15(25)10-9-14(23-24)16-17(21-19(20)22-18(16)27-4)12-5-7-13(26-3)8-6-12/h5-11H,1-4H3,(H2,20,21,22). The van der Waals surface area contributed by atoms with Crippen molar-refractivity contribution in [1.29, 1.82) is 0 Å². The molecule has 0 spiro atoms. The maximum Gasteiger partial charge on any atom is 0.267 e. The van der Waals surface area contributed by atoms with Gasteiger partial charge >= 0.3 is 0 Å². The van der Waals surface area contributed by atoms with Gasteiger partial charge in [0, 0.05) is 16.5 Å². The molecule has 0 radical (unpaired) electrons. The fourth-order valence-corrected chi connectivity index (χ4v) is 3.72. The highest BCUT2D eigenvalue weighted by atomic mass is 32.2. The van der Waals surface area contributed by atoms with Crippen molar-refractivity contribution in [3.05, 3.63) is 46.8 Å². The first kappa shape index (κ1) is 19.4. The van der Waals surface area contributed by atoms with Crippen molar-refractivity contribution >= 4 is 29.5 Å². The molecular formula is C19H21N5OS2. The van der Waals surface area contributed by atoms with Crippen molar-refractivity contribution in [2.75, 3.05) is 18.2 Å². The monoisotopic (exact) mass is 399 g/mol. The van der Waals surface area contributed by atoms with Crippen LogP contribution < -0.4 is 11.3 Å². The molecule has 0 bridgehead atoms. The van der Waals surface area contributed by atoms with Gasteiger partial charge in [0.2, 0.25) is 5.95 Å². The van der Waals surface area contributed by atoms with E-state index in [1.54, 1.807) is 17.8 Å². The van der Waals surface area contributed by atoms with Crippen LogP contribution in [0.1, 0.15) is 19.9 Å². The number of aromatic nitrogens is 4. The van der Waals surface area contributed by atoms with E-state index in [4.69, 9.17) is 5.73 Å². The second kappa shape index (κ2) is 8.14. The lowest BCUT2D eigenvalue weighted by molar-refractivity contribution is 0.504. The maximum atomic E-state index is 12.1. The van der Waals surface area contributed by atoms with Crippen LogP contribution in [0.15, 0.2) is 51.1 Å². The zero-order valence-corrected chi connectivity index (χ0v) is 17.3. The highest BCUT2D eigenvalue weighted by Crippen LogP contribution is 2.36. The van der Waals surface area contributed by atoms with E-state index in [9.17, 15) is 4.79 Å². The molecule has 0 saturated carbocycles. The lowest BCUT2D eigenvalue weighted by atomic mass is 10.0. The molecule has 6 nitrogen and oxygen atoms in total. The molecule has 0 fully saturated rings. The highest BCUT2D eigenvalue weighted by molar-refractivity contribution is 7.98. The van der Waals surface area contributed by atoms with Gasteiger partial charge in [0.25, 0.3) is 5.56 Å². The highest BCUT2D eigenvalue weighted by Gasteiger charge is 2.19.